The first-order valence-electron chi connectivity index (χ1n) is 9.57. The first-order valence-corrected chi connectivity index (χ1v) is 11.9. The summed E-state index contributed by atoms with van der Waals surface area (Å²) < 4.78 is 44.9. The fourth-order valence-electron chi connectivity index (χ4n) is 3.19. The fraction of sp³-hybridized carbons (Fsp3) is 0.400. The Morgan fingerprint density at radius 2 is 2.00 bits per heavy atom. The Morgan fingerprint density at radius 3 is 2.70 bits per heavy atom. The number of piperidine rings is 1. The number of thiophene rings is 1. The zero-order valence-electron chi connectivity index (χ0n) is 16.3. The molecular formula is C20H23FN2O5S2. The van der Waals surface area contributed by atoms with E-state index in [2.05, 4.69) is 5.32 Å². The van der Waals surface area contributed by atoms with E-state index in [1.54, 1.807) is 11.3 Å². The van der Waals surface area contributed by atoms with Gasteiger partial charge in [-0.1, -0.05) is 6.07 Å². The van der Waals surface area contributed by atoms with Gasteiger partial charge in [-0.05, 0) is 55.0 Å². The maximum atomic E-state index is 13.1. The van der Waals surface area contributed by atoms with Crippen molar-refractivity contribution < 1.29 is 27.1 Å². The molecule has 1 amide bonds. The van der Waals surface area contributed by atoms with Crippen LogP contribution in [0, 0.1) is 11.7 Å². The summed E-state index contributed by atoms with van der Waals surface area (Å²) in [6, 6.07) is 8.48. The van der Waals surface area contributed by atoms with Crippen molar-refractivity contribution in [3.63, 3.8) is 0 Å². The van der Waals surface area contributed by atoms with Crippen LogP contribution in [0.3, 0.4) is 0 Å². The van der Waals surface area contributed by atoms with Gasteiger partial charge in [0, 0.05) is 24.5 Å². The minimum absolute atomic E-state index is 0.0250. The number of benzene rings is 1. The molecule has 3 rings (SSSR count). The lowest BCUT2D eigenvalue weighted by atomic mass is 10.00. The van der Waals surface area contributed by atoms with Crippen molar-refractivity contribution in [1.82, 2.24) is 9.62 Å². The van der Waals surface area contributed by atoms with Crippen LogP contribution in [0.4, 0.5) is 4.39 Å². The molecule has 162 valence electrons. The lowest BCUT2D eigenvalue weighted by molar-refractivity contribution is -0.153. The third-order valence-corrected chi connectivity index (χ3v) is 7.60. The predicted molar refractivity (Wildman–Crippen MR) is 110 cm³/mol. The molecule has 1 fully saturated rings. The summed E-state index contributed by atoms with van der Waals surface area (Å²) in [6.45, 7) is 0.291. The van der Waals surface area contributed by atoms with Crippen LogP contribution < -0.4 is 5.32 Å². The van der Waals surface area contributed by atoms with Gasteiger partial charge in [0.1, 0.15) is 5.82 Å². The monoisotopic (exact) mass is 454 g/mol. The van der Waals surface area contributed by atoms with E-state index < -0.39 is 40.2 Å². The molecule has 7 nitrogen and oxygen atoms in total. The summed E-state index contributed by atoms with van der Waals surface area (Å²) in [5.41, 5.74) is 0. The predicted octanol–water partition coefficient (Wildman–Crippen LogP) is 2.19. The number of nitrogens with zero attached hydrogens (tertiary/aromatic N) is 1. The molecule has 1 aromatic carbocycles. The van der Waals surface area contributed by atoms with Crippen molar-refractivity contribution >= 4 is 33.2 Å². The van der Waals surface area contributed by atoms with Gasteiger partial charge >= 0.3 is 5.97 Å². The van der Waals surface area contributed by atoms with Crippen LogP contribution in [-0.2, 0) is 30.8 Å². The van der Waals surface area contributed by atoms with Crippen LogP contribution in [-0.4, -0.2) is 50.8 Å². The Balaban J connectivity index is 1.47. The summed E-state index contributed by atoms with van der Waals surface area (Å²) in [5.74, 6) is -2.16. The van der Waals surface area contributed by atoms with E-state index in [0.29, 0.717) is 25.8 Å². The normalized spacial score (nSPS) is 17.4. The summed E-state index contributed by atoms with van der Waals surface area (Å²) >= 11 is 1.60. The molecule has 1 aliphatic heterocycles. The van der Waals surface area contributed by atoms with Crippen LogP contribution in [0.25, 0.3) is 0 Å². The van der Waals surface area contributed by atoms with Crippen LogP contribution in [0.2, 0.25) is 0 Å². The van der Waals surface area contributed by atoms with Gasteiger partial charge in [0.15, 0.2) is 6.61 Å². The number of sulfonamides is 1. The number of rotatable bonds is 8. The van der Waals surface area contributed by atoms with E-state index in [-0.39, 0.29) is 18.0 Å². The van der Waals surface area contributed by atoms with Crippen LogP contribution in [0.5, 0.6) is 0 Å². The molecule has 0 bridgehead atoms. The maximum Gasteiger partial charge on any atom is 0.310 e. The minimum Gasteiger partial charge on any atom is -0.455 e. The van der Waals surface area contributed by atoms with Crippen molar-refractivity contribution in [1.29, 1.82) is 0 Å². The molecule has 1 N–H and O–H groups in total. The van der Waals surface area contributed by atoms with Crippen molar-refractivity contribution in [2.24, 2.45) is 5.92 Å². The average molecular weight is 455 g/mol. The standard InChI is InChI=1S/C20H23FN2O5S2/c21-16-5-7-18(8-6-16)30(26,27)23-11-1-3-15(13-23)20(25)28-14-19(24)22-10-9-17-4-2-12-29-17/h2,4-8,12,15H,1,3,9-11,13-14H2,(H,22,24). The Kier molecular flexibility index (Phi) is 7.57. The highest BCUT2D eigenvalue weighted by Crippen LogP contribution is 2.24. The van der Waals surface area contributed by atoms with Gasteiger partial charge in [-0.2, -0.15) is 4.31 Å². The number of hydrogen-bond acceptors (Lipinski definition) is 6. The number of ether oxygens (including phenoxy) is 1. The second kappa shape index (κ2) is 10.1. The lowest BCUT2D eigenvalue weighted by Crippen LogP contribution is -2.43. The number of halogens is 1. The molecule has 0 aliphatic carbocycles. The van der Waals surface area contributed by atoms with Crippen LogP contribution >= 0.6 is 11.3 Å². The average Bonchev–Trinajstić information content (AvgIpc) is 3.26. The number of esters is 1. The first kappa shape index (κ1) is 22.4. The Bertz CT molecular complexity index is 962. The molecule has 1 atom stereocenters. The SMILES string of the molecule is O=C(COC(=O)C1CCCN(S(=O)(=O)c2ccc(F)cc2)C1)NCCc1cccs1. The molecule has 0 spiro atoms. The number of carbonyl (C=O) groups excluding carboxylic acids is 2. The van der Waals surface area contributed by atoms with Gasteiger partial charge in [-0.15, -0.1) is 11.3 Å². The van der Waals surface area contributed by atoms with Crippen molar-refractivity contribution in [3.8, 4) is 0 Å². The summed E-state index contributed by atoms with van der Waals surface area (Å²) in [7, 11) is -3.83. The van der Waals surface area contributed by atoms with E-state index in [4.69, 9.17) is 4.74 Å². The molecule has 0 radical (unpaired) electrons. The van der Waals surface area contributed by atoms with E-state index in [1.165, 1.54) is 16.4 Å². The number of amides is 1. The molecule has 10 heteroatoms. The molecule has 30 heavy (non-hydrogen) atoms. The van der Waals surface area contributed by atoms with E-state index in [1.807, 2.05) is 17.5 Å². The lowest BCUT2D eigenvalue weighted by Gasteiger charge is -2.30. The highest BCUT2D eigenvalue weighted by atomic mass is 32.2. The van der Waals surface area contributed by atoms with Crippen molar-refractivity contribution in [2.75, 3.05) is 26.2 Å². The van der Waals surface area contributed by atoms with E-state index >= 15 is 0 Å². The van der Waals surface area contributed by atoms with Crippen LogP contribution in [0.15, 0.2) is 46.7 Å². The minimum atomic E-state index is -3.83. The molecule has 2 aromatic rings. The smallest absolute Gasteiger partial charge is 0.310 e. The fourth-order valence-corrected chi connectivity index (χ4v) is 5.43. The second-order valence-electron chi connectivity index (χ2n) is 6.94. The number of carbonyl (C=O) groups is 2. The van der Waals surface area contributed by atoms with Gasteiger partial charge in [0.2, 0.25) is 10.0 Å². The van der Waals surface area contributed by atoms with Crippen LogP contribution in [0.1, 0.15) is 17.7 Å². The molecule has 1 unspecified atom stereocenters. The van der Waals surface area contributed by atoms with Crippen molar-refractivity contribution in [2.45, 2.75) is 24.2 Å². The zero-order valence-corrected chi connectivity index (χ0v) is 17.9. The number of hydrogen-bond donors (Lipinski definition) is 1. The third kappa shape index (κ3) is 5.87. The largest absolute Gasteiger partial charge is 0.455 e. The quantitative estimate of drug-likeness (QED) is 0.618. The van der Waals surface area contributed by atoms with E-state index in [0.717, 1.165) is 17.0 Å². The zero-order chi connectivity index (χ0) is 21.6. The second-order valence-corrected chi connectivity index (χ2v) is 9.91. The molecule has 1 saturated heterocycles. The Labute approximate surface area is 178 Å². The topological polar surface area (TPSA) is 92.8 Å². The van der Waals surface area contributed by atoms with E-state index in [9.17, 15) is 22.4 Å². The van der Waals surface area contributed by atoms with Gasteiger partial charge in [0.25, 0.3) is 5.91 Å². The first-order chi connectivity index (χ1) is 14.4. The van der Waals surface area contributed by atoms with Crippen molar-refractivity contribution in [3.05, 3.63) is 52.5 Å². The molecule has 1 aliphatic rings. The molecular weight excluding hydrogens is 431 g/mol. The summed E-state index contributed by atoms with van der Waals surface area (Å²) in [4.78, 5) is 25.3. The summed E-state index contributed by atoms with van der Waals surface area (Å²) in [6.07, 6.45) is 1.68. The Morgan fingerprint density at radius 1 is 1.23 bits per heavy atom. The summed E-state index contributed by atoms with van der Waals surface area (Å²) in [5, 5.41) is 4.65. The Hall–Kier alpha value is -2.30. The number of nitrogens with one attached hydrogen (secondary N) is 1. The highest BCUT2D eigenvalue weighted by Gasteiger charge is 2.34. The highest BCUT2D eigenvalue weighted by molar-refractivity contribution is 7.89. The molecule has 1 aromatic heterocycles. The van der Waals surface area contributed by atoms with Gasteiger partial charge < -0.3 is 10.1 Å². The maximum absolute atomic E-state index is 13.1. The third-order valence-electron chi connectivity index (χ3n) is 4.79. The molecule has 0 saturated carbocycles. The van der Waals surface area contributed by atoms with Gasteiger partial charge in [-0.25, -0.2) is 12.8 Å². The molecule has 2 heterocycles. The van der Waals surface area contributed by atoms with Gasteiger partial charge in [0.05, 0.1) is 10.8 Å². The van der Waals surface area contributed by atoms with Gasteiger partial charge in [-0.3, -0.25) is 9.59 Å².